The highest BCUT2D eigenvalue weighted by Gasteiger charge is 2.24. The normalized spacial score (nSPS) is 24.6. The summed E-state index contributed by atoms with van der Waals surface area (Å²) in [7, 11) is 0. The fourth-order valence-corrected chi connectivity index (χ4v) is 3.12. The third-order valence-electron chi connectivity index (χ3n) is 3.48. The first-order valence-electron chi connectivity index (χ1n) is 6.12. The van der Waals surface area contributed by atoms with Crippen LogP contribution in [0.4, 0.5) is 10.1 Å². The zero-order valence-electron chi connectivity index (χ0n) is 9.76. The second kappa shape index (κ2) is 6.00. The molecule has 0 aliphatic heterocycles. The zero-order valence-corrected chi connectivity index (χ0v) is 11.9. The number of anilines is 1. The van der Waals surface area contributed by atoms with Gasteiger partial charge in [0.2, 0.25) is 0 Å². The van der Waals surface area contributed by atoms with Gasteiger partial charge in [-0.25, -0.2) is 4.39 Å². The summed E-state index contributed by atoms with van der Waals surface area (Å²) in [6.07, 6.45) is 4.90. The minimum atomic E-state index is -0.182. The van der Waals surface area contributed by atoms with Crippen molar-refractivity contribution in [2.24, 2.45) is 11.7 Å². The number of hydrogen-bond acceptors (Lipinski definition) is 2. The molecule has 3 N–H and O–H groups in total. The Hall–Kier alpha value is -0.360. The van der Waals surface area contributed by atoms with E-state index in [4.69, 9.17) is 5.73 Å². The van der Waals surface area contributed by atoms with E-state index in [0.29, 0.717) is 12.0 Å². The number of nitrogens with one attached hydrogen (secondary N) is 1. The van der Waals surface area contributed by atoms with E-state index in [-0.39, 0.29) is 5.82 Å². The first-order valence-corrected chi connectivity index (χ1v) is 7.20. The largest absolute Gasteiger partial charge is 0.381 e. The van der Waals surface area contributed by atoms with Crippen molar-refractivity contribution in [3.05, 3.63) is 27.6 Å². The summed E-state index contributed by atoms with van der Waals surface area (Å²) < 4.78 is 14.0. The van der Waals surface area contributed by atoms with E-state index < -0.39 is 0 Å². The van der Waals surface area contributed by atoms with Crippen LogP contribution < -0.4 is 11.1 Å². The molecular formula is C13H18FIN2. The molecule has 0 heterocycles. The van der Waals surface area contributed by atoms with Crippen LogP contribution in [0.2, 0.25) is 0 Å². The zero-order chi connectivity index (χ0) is 12.3. The van der Waals surface area contributed by atoms with Gasteiger partial charge in [0.15, 0.2) is 0 Å². The Kier molecular flexibility index (Phi) is 4.62. The first-order chi connectivity index (χ1) is 8.20. The Labute approximate surface area is 115 Å². The quantitative estimate of drug-likeness (QED) is 0.822. The van der Waals surface area contributed by atoms with Crippen molar-refractivity contribution in [2.45, 2.75) is 31.7 Å². The SMILES string of the molecule is NCC1CCCCC1Nc1ccc(F)cc1I. The minimum absolute atomic E-state index is 0.182. The molecule has 0 saturated heterocycles. The van der Waals surface area contributed by atoms with Gasteiger partial charge >= 0.3 is 0 Å². The predicted octanol–water partition coefficient (Wildman–Crippen LogP) is 3.36. The van der Waals surface area contributed by atoms with Crippen molar-refractivity contribution < 1.29 is 4.39 Å². The summed E-state index contributed by atoms with van der Waals surface area (Å²) in [6, 6.07) is 5.32. The predicted molar refractivity (Wildman–Crippen MR) is 77.5 cm³/mol. The molecule has 1 aliphatic rings. The maximum Gasteiger partial charge on any atom is 0.124 e. The number of nitrogens with two attached hydrogens (primary N) is 1. The van der Waals surface area contributed by atoms with Crippen LogP contribution in [0.25, 0.3) is 0 Å². The molecule has 4 heteroatoms. The van der Waals surface area contributed by atoms with Crippen molar-refractivity contribution in [2.75, 3.05) is 11.9 Å². The number of halogens is 2. The maximum atomic E-state index is 13.0. The smallest absolute Gasteiger partial charge is 0.124 e. The van der Waals surface area contributed by atoms with Gasteiger partial charge in [0, 0.05) is 15.3 Å². The van der Waals surface area contributed by atoms with E-state index in [0.717, 1.165) is 22.2 Å². The summed E-state index contributed by atoms with van der Waals surface area (Å²) in [6.45, 7) is 0.732. The molecule has 0 bridgehead atoms. The minimum Gasteiger partial charge on any atom is -0.381 e. The van der Waals surface area contributed by atoms with E-state index in [2.05, 4.69) is 27.9 Å². The van der Waals surface area contributed by atoms with Gasteiger partial charge in [-0.2, -0.15) is 0 Å². The summed E-state index contributed by atoms with van der Waals surface area (Å²) in [5, 5.41) is 3.52. The lowest BCUT2D eigenvalue weighted by Gasteiger charge is -2.32. The summed E-state index contributed by atoms with van der Waals surface area (Å²) in [5.74, 6) is 0.364. The molecule has 0 aromatic heterocycles. The third kappa shape index (κ3) is 3.31. The molecule has 2 rings (SSSR count). The molecule has 0 radical (unpaired) electrons. The highest BCUT2D eigenvalue weighted by molar-refractivity contribution is 14.1. The van der Waals surface area contributed by atoms with Crippen LogP contribution in [0, 0.1) is 15.3 Å². The highest BCUT2D eigenvalue weighted by atomic mass is 127. The summed E-state index contributed by atoms with van der Waals surface area (Å²) >= 11 is 2.17. The molecule has 1 aromatic rings. The van der Waals surface area contributed by atoms with Gasteiger partial charge in [0.1, 0.15) is 5.82 Å². The first kappa shape index (κ1) is 13.1. The second-order valence-electron chi connectivity index (χ2n) is 4.66. The van der Waals surface area contributed by atoms with E-state index in [1.807, 2.05) is 6.07 Å². The Morgan fingerprint density at radius 3 is 2.82 bits per heavy atom. The van der Waals surface area contributed by atoms with E-state index >= 15 is 0 Å². The fraction of sp³-hybridized carbons (Fsp3) is 0.538. The molecule has 1 fully saturated rings. The summed E-state index contributed by atoms with van der Waals surface area (Å²) in [4.78, 5) is 0. The standard InChI is InChI=1S/C13H18FIN2/c14-10-5-6-13(11(15)7-10)17-12-4-2-1-3-9(12)8-16/h5-7,9,12,17H,1-4,8,16H2. The lowest BCUT2D eigenvalue weighted by Crippen LogP contribution is -2.36. The molecule has 1 aromatic carbocycles. The Bertz CT molecular complexity index is 384. The number of hydrogen-bond donors (Lipinski definition) is 2. The summed E-state index contributed by atoms with van der Waals surface area (Å²) in [5.41, 5.74) is 6.83. The molecule has 17 heavy (non-hydrogen) atoms. The average Bonchev–Trinajstić information content (AvgIpc) is 2.33. The van der Waals surface area contributed by atoms with Gasteiger partial charge in [-0.15, -0.1) is 0 Å². The number of benzene rings is 1. The van der Waals surface area contributed by atoms with Crippen LogP contribution in [0.15, 0.2) is 18.2 Å². The topological polar surface area (TPSA) is 38.0 Å². The molecule has 2 nitrogen and oxygen atoms in total. The van der Waals surface area contributed by atoms with Crippen molar-refractivity contribution in [3.63, 3.8) is 0 Å². The van der Waals surface area contributed by atoms with Gasteiger partial charge < -0.3 is 11.1 Å². The Balaban J connectivity index is 2.08. The van der Waals surface area contributed by atoms with Gasteiger partial charge in [0.25, 0.3) is 0 Å². The van der Waals surface area contributed by atoms with Crippen LogP contribution in [-0.2, 0) is 0 Å². The molecule has 1 aliphatic carbocycles. The molecule has 0 spiro atoms. The van der Waals surface area contributed by atoms with Crippen LogP contribution in [-0.4, -0.2) is 12.6 Å². The van der Waals surface area contributed by atoms with Crippen molar-refractivity contribution in [3.8, 4) is 0 Å². The van der Waals surface area contributed by atoms with Crippen LogP contribution in [0.3, 0.4) is 0 Å². The van der Waals surface area contributed by atoms with Gasteiger partial charge in [0.05, 0.1) is 0 Å². The van der Waals surface area contributed by atoms with E-state index in [1.165, 1.54) is 25.3 Å². The van der Waals surface area contributed by atoms with Crippen molar-refractivity contribution in [1.29, 1.82) is 0 Å². The van der Waals surface area contributed by atoms with Crippen molar-refractivity contribution in [1.82, 2.24) is 0 Å². The van der Waals surface area contributed by atoms with E-state index in [9.17, 15) is 4.39 Å². The van der Waals surface area contributed by atoms with Gasteiger partial charge in [-0.3, -0.25) is 0 Å². The Morgan fingerprint density at radius 2 is 2.12 bits per heavy atom. The molecular weight excluding hydrogens is 330 g/mol. The van der Waals surface area contributed by atoms with Crippen molar-refractivity contribution >= 4 is 28.3 Å². The van der Waals surface area contributed by atoms with Gasteiger partial charge in [-0.05, 0) is 66.1 Å². The molecule has 0 amide bonds. The lowest BCUT2D eigenvalue weighted by molar-refractivity contribution is 0.332. The fourth-order valence-electron chi connectivity index (χ4n) is 2.49. The maximum absolute atomic E-state index is 13.0. The Morgan fingerprint density at radius 1 is 1.35 bits per heavy atom. The molecule has 2 unspecified atom stereocenters. The van der Waals surface area contributed by atoms with Gasteiger partial charge in [-0.1, -0.05) is 12.8 Å². The molecule has 1 saturated carbocycles. The molecule has 94 valence electrons. The molecule has 2 atom stereocenters. The van der Waals surface area contributed by atoms with Crippen LogP contribution >= 0.6 is 22.6 Å². The van der Waals surface area contributed by atoms with Crippen LogP contribution in [0.5, 0.6) is 0 Å². The second-order valence-corrected chi connectivity index (χ2v) is 5.82. The highest BCUT2D eigenvalue weighted by Crippen LogP contribution is 2.28. The lowest BCUT2D eigenvalue weighted by atomic mass is 9.84. The average molecular weight is 348 g/mol. The van der Waals surface area contributed by atoms with Crippen LogP contribution in [0.1, 0.15) is 25.7 Å². The number of rotatable bonds is 3. The van der Waals surface area contributed by atoms with E-state index in [1.54, 1.807) is 6.07 Å². The third-order valence-corrected chi connectivity index (χ3v) is 4.38. The monoisotopic (exact) mass is 348 g/mol.